The number of ether oxygens (including phenoxy) is 1. The van der Waals surface area contributed by atoms with E-state index in [-0.39, 0.29) is 28.7 Å². The van der Waals surface area contributed by atoms with Gasteiger partial charge in [0.05, 0.1) is 6.61 Å². The first kappa shape index (κ1) is 18.2. The molecule has 1 N–H and O–H groups in total. The first-order chi connectivity index (χ1) is 12.5. The predicted octanol–water partition coefficient (Wildman–Crippen LogP) is 3.06. The molecule has 1 aromatic heterocycles. The van der Waals surface area contributed by atoms with Gasteiger partial charge >= 0.3 is 0 Å². The number of hydrogen-bond donors (Lipinski definition) is 1. The van der Waals surface area contributed by atoms with Crippen LogP contribution in [0.3, 0.4) is 0 Å². The highest BCUT2D eigenvalue weighted by Crippen LogP contribution is 2.21. The number of likely N-dealkylation sites (tertiary alicyclic amines) is 1. The van der Waals surface area contributed by atoms with Crippen LogP contribution in [0.15, 0.2) is 35.1 Å². The molecule has 0 spiro atoms. The van der Waals surface area contributed by atoms with Crippen LogP contribution in [0.5, 0.6) is 5.75 Å². The van der Waals surface area contributed by atoms with E-state index in [0.717, 1.165) is 24.1 Å². The summed E-state index contributed by atoms with van der Waals surface area (Å²) in [5.74, 6) is -0.317. The number of aromatic nitrogens is 1. The van der Waals surface area contributed by atoms with E-state index in [9.17, 15) is 14.0 Å². The number of nitrogens with one attached hydrogen (secondary N) is 1. The number of nitrogens with zero attached hydrogens (tertiary/aromatic N) is 1. The van der Waals surface area contributed by atoms with Crippen LogP contribution in [0, 0.1) is 25.6 Å². The maximum Gasteiger partial charge on any atom is 0.261 e. The summed E-state index contributed by atoms with van der Waals surface area (Å²) in [6.45, 7) is 5.13. The van der Waals surface area contributed by atoms with Gasteiger partial charge in [0.25, 0.3) is 11.5 Å². The monoisotopic (exact) mass is 358 g/mol. The fourth-order valence-electron chi connectivity index (χ4n) is 3.21. The van der Waals surface area contributed by atoms with Gasteiger partial charge in [-0.25, -0.2) is 4.39 Å². The molecule has 138 valence electrons. The summed E-state index contributed by atoms with van der Waals surface area (Å²) in [6.07, 6.45) is 1.74. The van der Waals surface area contributed by atoms with E-state index >= 15 is 0 Å². The quantitative estimate of drug-likeness (QED) is 0.914. The largest absolute Gasteiger partial charge is 0.490 e. The summed E-state index contributed by atoms with van der Waals surface area (Å²) in [5.41, 5.74) is 1.46. The molecule has 0 saturated carbocycles. The Morgan fingerprint density at radius 2 is 2.12 bits per heavy atom. The number of rotatable bonds is 4. The van der Waals surface area contributed by atoms with Gasteiger partial charge in [-0.1, -0.05) is 12.1 Å². The third kappa shape index (κ3) is 3.95. The average Bonchev–Trinajstić information content (AvgIpc) is 2.64. The number of piperidine rings is 1. The lowest BCUT2D eigenvalue weighted by molar-refractivity contribution is 0.0629. The fraction of sp³-hybridized carbons (Fsp3) is 0.400. The zero-order valence-corrected chi connectivity index (χ0v) is 15.0. The van der Waals surface area contributed by atoms with E-state index in [1.165, 1.54) is 6.07 Å². The molecule has 1 amide bonds. The summed E-state index contributed by atoms with van der Waals surface area (Å²) >= 11 is 0. The van der Waals surface area contributed by atoms with Gasteiger partial charge in [-0.3, -0.25) is 9.59 Å². The zero-order valence-electron chi connectivity index (χ0n) is 15.0. The molecule has 2 aromatic rings. The number of para-hydroxylation sites is 1. The van der Waals surface area contributed by atoms with Crippen molar-refractivity contribution >= 4 is 5.91 Å². The minimum Gasteiger partial charge on any atom is -0.490 e. The molecule has 6 heteroatoms. The van der Waals surface area contributed by atoms with Crippen molar-refractivity contribution in [2.45, 2.75) is 26.7 Å². The molecule has 1 atom stereocenters. The molecule has 2 heterocycles. The van der Waals surface area contributed by atoms with Crippen LogP contribution >= 0.6 is 0 Å². The second kappa shape index (κ2) is 7.72. The lowest BCUT2D eigenvalue weighted by atomic mass is 9.98. The Morgan fingerprint density at radius 3 is 2.88 bits per heavy atom. The number of aromatic amines is 1. The van der Waals surface area contributed by atoms with Gasteiger partial charge in [0.1, 0.15) is 5.56 Å². The van der Waals surface area contributed by atoms with Crippen molar-refractivity contribution in [2.24, 2.45) is 5.92 Å². The molecule has 1 unspecified atom stereocenters. The predicted molar refractivity (Wildman–Crippen MR) is 97.1 cm³/mol. The van der Waals surface area contributed by atoms with Crippen molar-refractivity contribution in [1.82, 2.24) is 9.88 Å². The van der Waals surface area contributed by atoms with Crippen molar-refractivity contribution in [3.05, 3.63) is 63.3 Å². The molecule has 0 radical (unpaired) electrons. The summed E-state index contributed by atoms with van der Waals surface area (Å²) in [7, 11) is 0. The number of halogens is 1. The second-order valence-corrected chi connectivity index (χ2v) is 6.82. The molecule has 0 bridgehead atoms. The standard InChI is InChI=1S/C20H23FN2O3/c1-13-10-16(19(24)22-14(13)2)20(25)23-9-5-6-15(11-23)12-26-18-8-4-3-7-17(18)21/h3-4,7-8,10,15H,5-6,9,11-12H2,1-2H3,(H,22,24). The number of aryl methyl sites for hydroxylation is 2. The molecule has 5 nitrogen and oxygen atoms in total. The number of H-pyrrole nitrogens is 1. The first-order valence-electron chi connectivity index (χ1n) is 8.83. The Morgan fingerprint density at radius 1 is 1.35 bits per heavy atom. The molecule has 1 fully saturated rings. The normalized spacial score (nSPS) is 17.2. The molecule has 1 aliphatic rings. The van der Waals surface area contributed by atoms with Crippen LogP contribution in [-0.4, -0.2) is 35.5 Å². The maximum atomic E-state index is 13.7. The van der Waals surface area contributed by atoms with E-state index in [1.54, 1.807) is 29.2 Å². The van der Waals surface area contributed by atoms with Gasteiger partial charge in [0.2, 0.25) is 0 Å². The number of carbonyl (C=O) groups excluding carboxylic acids is 1. The van der Waals surface area contributed by atoms with Gasteiger partial charge in [0.15, 0.2) is 11.6 Å². The zero-order chi connectivity index (χ0) is 18.7. The van der Waals surface area contributed by atoms with Crippen molar-refractivity contribution in [3.63, 3.8) is 0 Å². The SMILES string of the molecule is Cc1cc(C(=O)N2CCCC(COc3ccccc3F)C2)c(=O)[nH]c1C. The minimum absolute atomic E-state index is 0.109. The molecule has 1 aliphatic heterocycles. The smallest absolute Gasteiger partial charge is 0.261 e. The summed E-state index contributed by atoms with van der Waals surface area (Å²) in [5, 5.41) is 0. The molecular formula is C20H23FN2O3. The molecule has 26 heavy (non-hydrogen) atoms. The topological polar surface area (TPSA) is 62.4 Å². The fourth-order valence-corrected chi connectivity index (χ4v) is 3.21. The van der Waals surface area contributed by atoms with Crippen molar-refractivity contribution in [1.29, 1.82) is 0 Å². The van der Waals surface area contributed by atoms with E-state index < -0.39 is 5.82 Å². The Kier molecular flexibility index (Phi) is 5.40. The first-order valence-corrected chi connectivity index (χ1v) is 8.83. The average molecular weight is 358 g/mol. The van der Waals surface area contributed by atoms with Crippen LogP contribution < -0.4 is 10.3 Å². The molecule has 1 aromatic carbocycles. The van der Waals surface area contributed by atoms with Crippen LogP contribution in [-0.2, 0) is 0 Å². The molecule has 1 saturated heterocycles. The number of hydrogen-bond acceptors (Lipinski definition) is 3. The lowest BCUT2D eigenvalue weighted by Crippen LogP contribution is -2.43. The number of amides is 1. The number of pyridine rings is 1. The summed E-state index contributed by atoms with van der Waals surface area (Å²) < 4.78 is 19.2. The number of carbonyl (C=O) groups is 1. The van der Waals surface area contributed by atoms with Crippen LogP contribution in [0.4, 0.5) is 4.39 Å². The Hall–Kier alpha value is -2.63. The second-order valence-electron chi connectivity index (χ2n) is 6.82. The van der Waals surface area contributed by atoms with Gasteiger partial charge in [-0.05, 0) is 50.5 Å². The van der Waals surface area contributed by atoms with E-state index in [2.05, 4.69) is 4.98 Å². The van der Waals surface area contributed by atoms with Crippen molar-refractivity contribution in [3.8, 4) is 5.75 Å². The van der Waals surface area contributed by atoms with Crippen LogP contribution in [0.25, 0.3) is 0 Å². The van der Waals surface area contributed by atoms with Gasteiger partial charge in [0, 0.05) is 24.7 Å². The molecule has 0 aliphatic carbocycles. The third-order valence-corrected chi connectivity index (χ3v) is 4.85. The van der Waals surface area contributed by atoms with E-state index in [0.29, 0.717) is 19.7 Å². The minimum atomic E-state index is -0.391. The van der Waals surface area contributed by atoms with Gasteiger partial charge in [-0.15, -0.1) is 0 Å². The third-order valence-electron chi connectivity index (χ3n) is 4.85. The van der Waals surface area contributed by atoms with Crippen LogP contribution in [0.2, 0.25) is 0 Å². The Labute approximate surface area is 151 Å². The summed E-state index contributed by atoms with van der Waals surface area (Å²) in [4.78, 5) is 29.3. The van der Waals surface area contributed by atoms with E-state index in [4.69, 9.17) is 4.74 Å². The Bertz CT molecular complexity index is 862. The Balaban J connectivity index is 1.66. The highest BCUT2D eigenvalue weighted by atomic mass is 19.1. The maximum absolute atomic E-state index is 13.7. The van der Waals surface area contributed by atoms with Crippen molar-refractivity contribution in [2.75, 3.05) is 19.7 Å². The molecule has 3 rings (SSSR count). The highest BCUT2D eigenvalue weighted by molar-refractivity contribution is 5.94. The molecular weight excluding hydrogens is 335 g/mol. The number of benzene rings is 1. The van der Waals surface area contributed by atoms with Gasteiger partial charge in [-0.2, -0.15) is 0 Å². The summed E-state index contributed by atoms with van der Waals surface area (Å²) in [6, 6.07) is 7.94. The highest BCUT2D eigenvalue weighted by Gasteiger charge is 2.26. The lowest BCUT2D eigenvalue weighted by Gasteiger charge is -2.32. The van der Waals surface area contributed by atoms with Crippen molar-refractivity contribution < 1.29 is 13.9 Å². The van der Waals surface area contributed by atoms with E-state index in [1.807, 2.05) is 13.8 Å². The van der Waals surface area contributed by atoms with Gasteiger partial charge < -0.3 is 14.6 Å². The van der Waals surface area contributed by atoms with Crippen LogP contribution in [0.1, 0.15) is 34.5 Å².